The molecule has 0 N–H and O–H groups in total. The molecule has 0 spiro atoms. The van der Waals surface area contributed by atoms with Gasteiger partial charge in [-0.15, -0.1) is 0 Å². The molecule has 1 unspecified atom stereocenters. The van der Waals surface area contributed by atoms with E-state index in [-0.39, 0.29) is 5.97 Å². The second-order valence-corrected chi connectivity index (χ2v) is 5.03. The summed E-state index contributed by atoms with van der Waals surface area (Å²) in [7, 11) is 2.15. The Kier molecular flexibility index (Phi) is 3.82. The molecular formula is C12H22N2O2. The van der Waals surface area contributed by atoms with Crippen LogP contribution in [-0.4, -0.2) is 61.6 Å². The maximum absolute atomic E-state index is 10.7. The van der Waals surface area contributed by atoms with Crippen molar-refractivity contribution in [2.45, 2.75) is 25.8 Å². The van der Waals surface area contributed by atoms with Gasteiger partial charge in [0.05, 0.1) is 0 Å². The van der Waals surface area contributed by atoms with Gasteiger partial charge in [-0.1, -0.05) is 0 Å². The predicted octanol–water partition coefficient (Wildman–Crippen LogP) is 0.575. The van der Waals surface area contributed by atoms with Crippen LogP contribution in [0.4, 0.5) is 0 Å². The van der Waals surface area contributed by atoms with Crippen LogP contribution in [0.25, 0.3) is 0 Å². The number of likely N-dealkylation sites (N-methyl/N-ethyl adjacent to an activating group) is 1. The molecule has 3 rings (SSSR count). The van der Waals surface area contributed by atoms with Gasteiger partial charge in [-0.2, -0.15) is 0 Å². The summed E-state index contributed by atoms with van der Waals surface area (Å²) in [6.45, 7) is 6.59. The maximum Gasteiger partial charge on any atom is 0.302 e. The second-order valence-electron chi connectivity index (χ2n) is 5.03. The third-order valence-electron chi connectivity index (χ3n) is 3.94. The van der Waals surface area contributed by atoms with E-state index in [9.17, 15) is 4.79 Å². The molecular weight excluding hydrogens is 204 g/mol. The van der Waals surface area contributed by atoms with E-state index in [4.69, 9.17) is 4.74 Å². The number of carbonyl (C=O) groups is 1. The molecule has 3 heterocycles. The van der Waals surface area contributed by atoms with Crippen molar-refractivity contribution in [1.29, 1.82) is 0 Å². The van der Waals surface area contributed by atoms with E-state index in [0.29, 0.717) is 12.6 Å². The zero-order valence-corrected chi connectivity index (χ0v) is 10.3. The number of hydrogen-bond donors (Lipinski definition) is 0. The summed E-state index contributed by atoms with van der Waals surface area (Å²) in [6.07, 6.45) is 2.67. The van der Waals surface area contributed by atoms with Crippen molar-refractivity contribution < 1.29 is 9.53 Å². The molecule has 3 aliphatic heterocycles. The van der Waals surface area contributed by atoms with Crippen molar-refractivity contribution in [2.24, 2.45) is 5.92 Å². The lowest BCUT2D eigenvalue weighted by Crippen LogP contribution is -2.56. The topological polar surface area (TPSA) is 32.8 Å². The Balaban J connectivity index is 1.76. The van der Waals surface area contributed by atoms with Gasteiger partial charge in [0.25, 0.3) is 0 Å². The van der Waals surface area contributed by atoms with Crippen LogP contribution in [0.1, 0.15) is 19.8 Å². The van der Waals surface area contributed by atoms with Crippen molar-refractivity contribution in [3.8, 4) is 0 Å². The van der Waals surface area contributed by atoms with Gasteiger partial charge in [0.2, 0.25) is 0 Å². The summed E-state index contributed by atoms with van der Waals surface area (Å²) >= 11 is 0. The summed E-state index contributed by atoms with van der Waals surface area (Å²) in [5.74, 6) is 0.676. The third kappa shape index (κ3) is 2.74. The smallest absolute Gasteiger partial charge is 0.302 e. The molecule has 3 fully saturated rings. The fourth-order valence-electron chi connectivity index (χ4n) is 2.93. The van der Waals surface area contributed by atoms with Crippen LogP contribution >= 0.6 is 0 Å². The first-order valence-electron chi connectivity index (χ1n) is 6.23. The predicted molar refractivity (Wildman–Crippen MR) is 62.2 cm³/mol. The highest BCUT2D eigenvalue weighted by Crippen LogP contribution is 2.30. The number of nitrogens with zero attached hydrogens (tertiary/aromatic N) is 2. The Hall–Kier alpha value is -0.610. The minimum atomic E-state index is -0.178. The molecule has 0 radical (unpaired) electrons. The van der Waals surface area contributed by atoms with E-state index in [2.05, 4.69) is 16.8 Å². The number of ether oxygens (including phenoxy) is 1. The van der Waals surface area contributed by atoms with E-state index in [1.807, 2.05) is 0 Å². The number of fused-ring (bicyclic) bond motifs is 3. The third-order valence-corrected chi connectivity index (χ3v) is 3.94. The molecule has 92 valence electrons. The van der Waals surface area contributed by atoms with E-state index in [1.54, 1.807) is 0 Å². The van der Waals surface area contributed by atoms with Crippen LogP contribution in [0.5, 0.6) is 0 Å². The molecule has 0 aromatic rings. The number of esters is 1. The monoisotopic (exact) mass is 226 g/mol. The van der Waals surface area contributed by atoms with Crippen molar-refractivity contribution in [1.82, 2.24) is 9.80 Å². The fourth-order valence-corrected chi connectivity index (χ4v) is 2.93. The average molecular weight is 226 g/mol. The highest BCUT2D eigenvalue weighted by Gasteiger charge is 2.35. The zero-order chi connectivity index (χ0) is 11.5. The maximum atomic E-state index is 10.7. The number of hydrogen-bond acceptors (Lipinski definition) is 4. The summed E-state index contributed by atoms with van der Waals surface area (Å²) in [5.41, 5.74) is 0. The molecule has 1 atom stereocenters. The van der Waals surface area contributed by atoms with E-state index >= 15 is 0 Å². The number of carbonyl (C=O) groups excluding carboxylic acids is 1. The van der Waals surface area contributed by atoms with Crippen molar-refractivity contribution in [2.75, 3.05) is 39.8 Å². The highest BCUT2D eigenvalue weighted by molar-refractivity contribution is 5.65. The van der Waals surface area contributed by atoms with Crippen LogP contribution in [0.3, 0.4) is 0 Å². The first-order chi connectivity index (χ1) is 7.66. The van der Waals surface area contributed by atoms with Crippen molar-refractivity contribution in [3.05, 3.63) is 0 Å². The van der Waals surface area contributed by atoms with Crippen LogP contribution in [0.15, 0.2) is 0 Å². The molecule has 3 aliphatic rings. The summed E-state index contributed by atoms with van der Waals surface area (Å²) in [5, 5.41) is 0. The SMILES string of the molecule is CC(=O)OCCN(C)C1CN2CCC1CC2. The molecule has 0 saturated carbocycles. The Labute approximate surface area is 97.5 Å². The molecule has 4 nitrogen and oxygen atoms in total. The minimum Gasteiger partial charge on any atom is -0.465 e. The van der Waals surface area contributed by atoms with Crippen molar-refractivity contribution in [3.63, 3.8) is 0 Å². The average Bonchev–Trinajstić information content (AvgIpc) is 2.30. The second kappa shape index (κ2) is 5.15. The molecule has 16 heavy (non-hydrogen) atoms. The van der Waals surface area contributed by atoms with E-state index in [0.717, 1.165) is 12.5 Å². The van der Waals surface area contributed by atoms with Crippen LogP contribution in [0.2, 0.25) is 0 Å². The van der Waals surface area contributed by atoms with Gasteiger partial charge in [0.1, 0.15) is 6.61 Å². The molecule has 0 amide bonds. The lowest BCUT2D eigenvalue weighted by atomic mass is 9.83. The normalized spacial score (nSPS) is 33.1. The van der Waals surface area contributed by atoms with Gasteiger partial charge < -0.3 is 9.64 Å². The van der Waals surface area contributed by atoms with Gasteiger partial charge in [-0.25, -0.2) is 0 Å². The Morgan fingerprint density at radius 2 is 2.12 bits per heavy atom. The molecule has 0 aromatic heterocycles. The highest BCUT2D eigenvalue weighted by atomic mass is 16.5. The molecule has 0 aliphatic carbocycles. The lowest BCUT2D eigenvalue weighted by Gasteiger charge is -2.48. The lowest BCUT2D eigenvalue weighted by molar-refractivity contribution is -0.141. The Morgan fingerprint density at radius 3 is 2.62 bits per heavy atom. The van der Waals surface area contributed by atoms with Gasteiger partial charge in [0.15, 0.2) is 0 Å². The first-order valence-corrected chi connectivity index (χ1v) is 6.23. The molecule has 0 aromatic carbocycles. The van der Waals surface area contributed by atoms with Gasteiger partial charge >= 0.3 is 5.97 Å². The minimum absolute atomic E-state index is 0.178. The van der Waals surface area contributed by atoms with Gasteiger partial charge in [-0.3, -0.25) is 9.69 Å². The van der Waals surface area contributed by atoms with Crippen LogP contribution in [0, 0.1) is 5.92 Å². The zero-order valence-electron chi connectivity index (χ0n) is 10.3. The summed E-state index contributed by atoms with van der Waals surface area (Å²) < 4.78 is 4.99. The molecule has 2 bridgehead atoms. The Morgan fingerprint density at radius 1 is 1.44 bits per heavy atom. The standard InChI is InChI=1S/C12H22N2O2/c1-10(15)16-8-7-13(2)12-9-14-5-3-11(12)4-6-14/h11-12H,3-9H2,1-2H3. The Bertz CT molecular complexity index is 249. The largest absolute Gasteiger partial charge is 0.465 e. The molecule has 3 saturated heterocycles. The number of piperidine rings is 3. The van der Waals surface area contributed by atoms with Crippen LogP contribution < -0.4 is 0 Å². The molecule has 4 heteroatoms. The first kappa shape index (κ1) is 11.9. The van der Waals surface area contributed by atoms with E-state index < -0.39 is 0 Å². The fraction of sp³-hybridized carbons (Fsp3) is 0.917. The summed E-state index contributed by atoms with van der Waals surface area (Å²) in [6, 6.07) is 0.665. The van der Waals surface area contributed by atoms with Crippen LogP contribution in [-0.2, 0) is 9.53 Å². The van der Waals surface area contributed by atoms with Gasteiger partial charge in [0, 0.05) is 26.1 Å². The number of rotatable bonds is 4. The quantitative estimate of drug-likeness (QED) is 0.656. The van der Waals surface area contributed by atoms with E-state index in [1.165, 1.54) is 39.4 Å². The van der Waals surface area contributed by atoms with Gasteiger partial charge in [-0.05, 0) is 38.9 Å². The van der Waals surface area contributed by atoms with Crippen molar-refractivity contribution >= 4 is 5.97 Å². The summed E-state index contributed by atoms with van der Waals surface area (Å²) in [4.78, 5) is 15.6.